The number of sulfone groups is 1. The van der Waals surface area contributed by atoms with Gasteiger partial charge in [0.25, 0.3) is 0 Å². The molecule has 15 heteroatoms. The fourth-order valence-corrected chi connectivity index (χ4v) is 5.80. The second-order valence-electron chi connectivity index (χ2n) is 11.4. The first-order valence-corrected chi connectivity index (χ1v) is 15.5. The van der Waals surface area contributed by atoms with E-state index < -0.39 is 9.84 Å². The quantitative estimate of drug-likeness (QED) is 0.254. The first-order chi connectivity index (χ1) is 19.7. The zero-order valence-corrected chi connectivity index (χ0v) is 25.4. The molecule has 4 aromatic rings. The first-order valence-electron chi connectivity index (χ1n) is 13.3. The summed E-state index contributed by atoms with van der Waals surface area (Å²) in [6, 6.07) is 6.63. The summed E-state index contributed by atoms with van der Waals surface area (Å²) in [5.74, 6) is 0.815. The minimum atomic E-state index is -3.60. The van der Waals surface area contributed by atoms with E-state index in [2.05, 4.69) is 28.9 Å². The maximum Gasteiger partial charge on any atom is 0.247 e. The molecule has 42 heavy (non-hydrogen) atoms. The van der Waals surface area contributed by atoms with E-state index in [1.807, 2.05) is 13.1 Å². The third-order valence-electron chi connectivity index (χ3n) is 7.10. The van der Waals surface area contributed by atoms with E-state index in [9.17, 15) is 8.42 Å². The smallest absolute Gasteiger partial charge is 0.247 e. The van der Waals surface area contributed by atoms with Crippen molar-refractivity contribution in [2.24, 2.45) is 18.4 Å². The van der Waals surface area contributed by atoms with Crippen molar-refractivity contribution in [3.8, 4) is 17.1 Å². The highest BCUT2D eigenvalue weighted by atomic mass is 35.5. The van der Waals surface area contributed by atoms with Crippen molar-refractivity contribution in [1.29, 1.82) is 10.8 Å². The number of pyridine rings is 1. The zero-order chi connectivity index (χ0) is 30.4. The lowest BCUT2D eigenvalue weighted by Gasteiger charge is -2.22. The van der Waals surface area contributed by atoms with Crippen LogP contribution in [0.3, 0.4) is 0 Å². The summed E-state index contributed by atoms with van der Waals surface area (Å²) in [7, 11) is -1.79. The van der Waals surface area contributed by atoms with Gasteiger partial charge in [-0.25, -0.2) is 18.4 Å². The molecule has 1 aliphatic heterocycles. The molecule has 5 rings (SSSR count). The Bertz CT molecular complexity index is 1820. The van der Waals surface area contributed by atoms with Crippen molar-refractivity contribution >= 4 is 33.1 Å². The molecule has 1 unspecified atom stereocenters. The molecule has 1 aliphatic rings. The van der Waals surface area contributed by atoms with Gasteiger partial charge in [0.1, 0.15) is 17.1 Å². The molecule has 0 amide bonds. The number of halogens is 1. The van der Waals surface area contributed by atoms with Gasteiger partial charge in [-0.1, -0.05) is 25.4 Å². The number of fused-ring (bicyclic) bond motifs is 1. The Morgan fingerprint density at radius 3 is 2.64 bits per heavy atom. The molecule has 4 N–H and O–H groups in total. The van der Waals surface area contributed by atoms with Crippen LogP contribution in [0.2, 0.25) is 5.02 Å². The number of nitrogen functional groups attached to an aromatic ring is 1. The van der Waals surface area contributed by atoms with E-state index in [0.717, 1.165) is 17.6 Å². The van der Waals surface area contributed by atoms with Crippen LogP contribution in [0.15, 0.2) is 41.8 Å². The van der Waals surface area contributed by atoms with Gasteiger partial charge in [0.2, 0.25) is 20.9 Å². The van der Waals surface area contributed by atoms with Crippen LogP contribution in [-0.2, 0) is 36.3 Å². The highest BCUT2D eigenvalue weighted by Crippen LogP contribution is 2.30. The lowest BCUT2D eigenvalue weighted by molar-refractivity contribution is 0.286. The summed E-state index contributed by atoms with van der Waals surface area (Å²) in [5, 5.41) is 27.1. The molecule has 0 aromatic carbocycles. The molecule has 1 atom stereocenters. The number of anilines is 1. The largest absolute Gasteiger partial charge is 0.478 e. The fraction of sp³-hybridized carbons (Fsp3) is 0.407. The molecule has 0 spiro atoms. The molecular weight excluding hydrogens is 580 g/mol. The predicted octanol–water partition coefficient (Wildman–Crippen LogP) is 2.73. The molecular formula is C27H33ClN10O3S. The van der Waals surface area contributed by atoms with Gasteiger partial charge in [-0.3, -0.25) is 24.7 Å². The van der Waals surface area contributed by atoms with Gasteiger partial charge in [0.15, 0.2) is 0 Å². The Kier molecular flexibility index (Phi) is 7.70. The molecule has 0 saturated carbocycles. The molecule has 0 radical (unpaired) electrons. The number of ether oxygens (including phenoxy) is 1. The number of nitrogens with one attached hydrogen (secondary N) is 2. The van der Waals surface area contributed by atoms with Crippen molar-refractivity contribution in [2.45, 2.75) is 44.8 Å². The highest BCUT2D eigenvalue weighted by Gasteiger charge is 2.27. The van der Waals surface area contributed by atoms with Crippen LogP contribution < -0.4 is 16.0 Å². The van der Waals surface area contributed by atoms with E-state index in [1.165, 1.54) is 16.8 Å². The summed E-state index contributed by atoms with van der Waals surface area (Å²) < 4.78 is 34.7. The zero-order valence-electron chi connectivity index (χ0n) is 23.8. The molecule has 0 saturated heterocycles. The number of nitrogens with zero attached hydrogens (tertiary/aromatic N) is 7. The molecule has 0 fully saturated rings. The van der Waals surface area contributed by atoms with Crippen molar-refractivity contribution in [3.63, 3.8) is 0 Å². The summed E-state index contributed by atoms with van der Waals surface area (Å²) in [5.41, 5.74) is 8.27. The van der Waals surface area contributed by atoms with Crippen LogP contribution >= 0.6 is 11.6 Å². The lowest BCUT2D eigenvalue weighted by Crippen LogP contribution is -2.32. The third kappa shape index (κ3) is 6.23. The van der Waals surface area contributed by atoms with Crippen LogP contribution in [-0.4, -0.2) is 61.2 Å². The Morgan fingerprint density at radius 2 is 1.95 bits per heavy atom. The monoisotopic (exact) mass is 612 g/mol. The van der Waals surface area contributed by atoms with E-state index in [0.29, 0.717) is 60.4 Å². The van der Waals surface area contributed by atoms with E-state index >= 15 is 0 Å². The summed E-state index contributed by atoms with van der Waals surface area (Å²) in [6.45, 7) is 4.96. The topological polar surface area (TPSA) is 183 Å². The van der Waals surface area contributed by atoms with Gasteiger partial charge < -0.3 is 10.5 Å². The van der Waals surface area contributed by atoms with Crippen molar-refractivity contribution in [1.82, 2.24) is 34.1 Å². The minimum Gasteiger partial charge on any atom is -0.478 e. The second kappa shape index (κ2) is 11.0. The van der Waals surface area contributed by atoms with Crippen LogP contribution in [0.25, 0.3) is 11.3 Å². The maximum atomic E-state index is 11.9. The van der Waals surface area contributed by atoms with E-state index in [4.69, 9.17) is 38.0 Å². The maximum absolute atomic E-state index is 11.9. The number of rotatable bonds is 8. The van der Waals surface area contributed by atoms with Gasteiger partial charge in [-0.15, -0.1) is 0 Å². The molecule has 0 bridgehead atoms. The number of hydrogen-bond donors (Lipinski definition) is 3. The van der Waals surface area contributed by atoms with Crippen LogP contribution in [0, 0.1) is 22.2 Å². The Balaban J connectivity index is 1.35. The Morgan fingerprint density at radius 1 is 1.19 bits per heavy atom. The van der Waals surface area contributed by atoms with Crippen LogP contribution in [0.5, 0.6) is 5.88 Å². The third-order valence-corrected chi connectivity index (χ3v) is 8.28. The number of aromatic nitrogens is 7. The molecule has 13 nitrogen and oxygen atoms in total. The van der Waals surface area contributed by atoms with E-state index in [1.54, 1.807) is 27.7 Å². The average Bonchev–Trinajstić information content (AvgIpc) is 3.34. The lowest BCUT2D eigenvalue weighted by atomic mass is 9.83. The van der Waals surface area contributed by atoms with Crippen LogP contribution in [0.4, 0.5) is 5.82 Å². The number of aryl methyl sites for hydroxylation is 1. The Labute approximate surface area is 248 Å². The summed E-state index contributed by atoms with van der Waals surface area (Å²) in [4.78, 5) is 7.98. The standard InChI is InChI=1S/C27H33ClN10O3S/c1-27(2,12-18-11-22(29)36(3)34-18)13-21-19(28)15-37(35-21)14-16-6-8-41-24-10-17(9-23(30)38(24)25(16)31)20-5-7-32-26(33-20)42(4,39)40/h5,7,9-11,15-16,30-31H,6,8,12-14,29H2,1-4H3. The highest BCUT2D eigenvalue weighted by molar-refractivity contribution is 7.90. The normalized spacial score (nSPS) is 15.7. The average molecular weight is 613 g/mol. The molecule has 4 aromatic heterocycles. The summed E-state index contributed by atoms with van der Waals surface area (Å²) >= 11 is 6.61. The summed E-state index contributed by atoms with van der Waals surface area (Å²) in [6.07, 6.45) is 6.03. The molecule has 222 valence electrons. The van der Waals surface area contributed by atoms with Gasteiger partial charge in [-0.2, -0.15) is 10.2 Å². The van der Waals surface area contributed by atoms with E-state index in [-0.39, 0.29) is 27.8 Å². The Hall–Kier alpha value is -4.04. The van der Waals surface area contributed by atoms with Crippen LogP contribution in [0.1, 0.15) is 31.7 Å². The molecule has 0 aliphatic carbocycles. The van der Waals surface area contributed by atoms with Crippen molar-refractivity contribution < 1.29 is 13.2 Å². The predicted molar refractivity (Wildman–Crippen MR) is 157 cm³/mol. The van der Waals surface area contributed by atoms with Gasteiger partial charge >= 0.3 is 0 Å². The van der Waals surface area contributed by atoms with Gasteiger partial charge in [0.05, 0.1) is 35.3 Å². The van der Waals surface area contributed by atoms with Crippen molar-refractivity contribution in [2.75, 3.05) is 18.6 Å². The fourth-order valence-electron chi connectivity index (χ4n) is 5.07. The van der Waals surface area contributed by atoms with Gasteiger partial charge in [0, 0.05) is 49.3 Å². The SMILES string of the molecule is Cn1nc(CC(C)(C)Cc2nn(CC3CCOc4cc(-c5ccnc(S(C)(=O)=O)n5)cc(=N)n4C3=N)cc2Cl)cc1N. The molecule has 5 heterocycles. The van der Waals surface area contributed by atoms with Crippen molar-refractivity contribution in [3.05, 3.63) is 58.6 Å². The number of hydrogen-bond acceptors (Lipinski definition) is 10. The first kappa shape index (κ1) is 29.5. The van der Waals surface area contributed by atoms with Gasteiger partial charge in [-0.05, 0) is 36.8 Å². The second-order valence-corrected chi connectivity index (χ2v) is 13.7. The number of nitrogens with two attached hydrogens (primary N) is 1. The minimum absolute atomic E-state index is 0.00927.